The molecule has 2 aromatic heterocycles. The van der Waals surface area contributed by atoms with Crippen LogP contribution in [-0.2, 0) is 69.1 Å². The summed E-state index contributed by atoms with van der Waals surface area (Å²) in [5.74, 6) is -6.55. The van der Waals surface area contributed by atoms with Crippen LogP contribution >= 0.6 is 23.5 Å². The van der Waals surface area contributed by atoms with E-state index in [1.807, 2.05) is 9.80 Å². The number of fused-ring (bicyclic) bond motifs is 2. The zero-order chi connectivity index (χ0) is 87.7. The van der Waals surface area contributed by atoms with Crippen LogP contribution in [0.5, 0.6) is 0 Å². The number of carbonyl (C=O) groups is 2. The number of halogens is 10. The largest absolute Gasteiger partial charge is 0.416 e. The maximum absolute atomic E-state index is 15.0. The highest BCUT2D eigenvalue weighted by Gasteiger charge is 2.34. The monoisotopic (exact) mass is 1510 g/mol. The lowest BCUT2D eigenvalue weighted by Crippen LogP contribution is -2.48. The van der Waals surface area contributed by atoms with Crippen molar-refractivity contribution in [1.29, 1.82) is 0 Å². The van der Waals surface area contributed by atoms with E-state index in [9.17, 15) is 58.7 Å². The van der Waals surface area contributed by atoms with Gasteiger partial charge in [-0.25, -0.2) is 17.6 Å². The van der Waals surface area contributed by atoms with E-state index in [2.05, 4.69) is 0 Å². The SMILES string of the molecule is [2H]c1c(C)c([2H])c2c(=O)c([2H])c(SC([2H])([2H])c3cccc(F)c3F)n(CC(=O)N(Cc3ccc(-c4ccc(C(F)(F)F)cc4)cc3)C3CCN(CC([2H])([2H])OC)CC3)c2c1[2H].[2H]c1c(C)c([2H])c2c(=O)c([2H])c(SCc3cccc(F)c3F)n(CC(=O)N(Cc3ccc(-c4ccc(C(F)(F)F)cc4)cc3)C3CCN(CC([2H])([2H])OC)CC3)c2c1[2H]. The van der Waals surface area contributed by atoms with Gasteiger partial charge in [-0.15, -0.1) is 23.5 Å². The van der Waals surface area contributed by atoms with E-state index in [4.69, 9.17) is 28.7 Å². The molecule has 0 atom stereocenters. The van der Waals surface area contributed by atoms with E-state index in [1.54, 1.807) is 53.4 Å². The molecule has 0 radical (unpaired) electrons. The van der Waals surface area contributed by atoms with Gasteiger partial charge in [0.1, 0.15) is 13.1 Å². The number of aromatic nitrogens is 2. The van der Waals surface area contributed by atoms with Crippen molar-refractivity contribution < 1.29 is 82.2 Å². The fourth-order valence-electron chi connectivity index (χ4n) is 12.5. The third-order valence-electron chi connectivity index (χ3n) is 18.2. The fraction of sp³-hybridized carbons (Fsp3) is 0.317. The average molecular weight is 1510 g/mol. The second-order valence-corrected chi connectivity index (χ2v) is 27.0. The van der Waals surface area contributed by atoms with Crippen molar-refractivity contribution in [3.05, 3.63) is 270 Å². The van der Waals surface area contributed by atoms with Crippen LogP contribution in [0.25, 0.3) is 44.1 Å². The molecule has 2 aliphatic heterocycles. The Labute approximate surface area is 636 Å². The van der Waals surface area contributed by atoms with Gasteiger partial charge >= 0.3 is 12.4 Å². The van der Waals surface area contributed by atoms with Crippen LogP contribution in [0.2, 0.25) is 0 Å². The van der Waals surface area contributed by atoms with Gasteiger partial charge in [0.25, 0.3) is 0 Å². The first-order chi connectivity index (χ1) is 56.3. The van der Waals surface area contributed by atoms with Gasteiger partial charge in [-0.3, -0.25) is 19.2 Å². The summed E-state index contributed by atoms with van der Waals surface area (Å²) in [5, 5.41) is -1.46. The molecule has 106 heavy (non-hydrogen) atoms. The van der Waals surface area contributed by atoms with E-state index in [0.29, 0.717) is 85.2 Å². The van der Waals surface area contributed by atoms with Crippen molar-refractivity contribution in [2.24, 2.45) is 0 Å². The highest BCUT2D eigenvalue weighted by molar-refractivity contribution is 7.98. The fourth-order valence-corrected chi connectivity index (χ4v) is 14.2. The van der Waals surface area contributed by atoms with Crippen LogP contribution in [0, 0.1) is 37.1 Å². The number of benzene rings is 8. The minimum Gasteiger partial charge on any atom is -0.383 e. The molecule has 24 heteroatoms. The first-order valence-corrected chi connectivity index (χ1v) is 35.3. The molecule has 2 aliphatic rings. The molecular weight excluding hydrogens is 1420 g/mol. The summed E-state index contributed by atoms with van der Waals surface area (Å²) in [5.41, 5.74) is -4.37. The van der Waals surface area contributed by atoms with Gasteiger partial charge in [0, 0.05) is 127 Å². The van der Waals surface area contributed by atoms with E-state index in [-0.39, 0.29) is 88.4 Å². The Hall–Kier alpha value is -9.04. The van der Waals surface area contributed by atoms with Gasteiger partial charge in [0.2, 0.25) is 11.8 Å². The quantitative estimate of drug-likeness (QED) is 0.0428. The number of ether oxygens (including phenoxy) is 2. The first kappa shape index (κ1) is 61.0. The number of rotatable bonds is 24. The summed E-state index contributed by atoms with van der Waals surface area (Å²) < 4.78 is 270. The number of likely N-dealkylation sites (tertiary alicyclic amines) is 2. The number of nitrogens with zero attached hydrogens (tertiary/aromatic N) is 6. The lowest BCUT2D eigenvalue weighted by Gasteiger charge is -2.39. The molecule has 0 spiro atoms. The molecule has 4 heterocycles. The molecule has 0 bridgehead atoms. The van der Waals surface area contributed by atoms with Crippen LogP contribution in [0.1, 0.15) is 89.4 Å². The van der Waals surface area contributed by atoms with Gasteiger partial charge < -0.3 is 38.2 Å². The Balaban J connectivity index is 0.000000235. The lowest BCUT2D eigenvalue weighted by molar-refractivity contribution is -0.138. The number of hydrogen-bond acceptors (Lipinski definition) is 10. The Kier molecular flexibility index (Phi) is 20.2. The molecule has 0 unspecified atom stereocenters. The number of pyridine rings is 2. The Morgan fingerprint density at radius 3 is 1.26 bits per heavy atom. The maximum Gasteiger partial charge on any atom is 0.416 e. The summed E-state index contributed by atoms with van der Waals surface area (Å²) in [7, 11) is 2.53. The summed E-state index contributed by atoms with van der Waals surface area (Å²) in [6.07, 6.45) is -7.46. The Morgan fingerprint density at radius 2 is 0.877 bits per heavy atom. The minimum absolute atomic E-state index is 0.00561. The first-order valence-electron chi connectivity index (χ1n) is 40.5. The molecule has 0 aliphatic carbocycles. The number of amides is 2. The normalized spacial score (nSPS) is 16.5. The second kappa shape index (κ2) is 35.1. The van der Waals surface area contributed by atoms with E-state index >= 15 is 4.39 Å². The van der Waals surface area contributed by atoms with Gasteiger partial charge in [-0.05, 0) is 133 Å². The summed E-state index contributed by atoms with van der Waals surface area (Å²) in [6.45, 7) is -0.949. The number of alkyl halides is 6. The summed E-state index contributed by atoms with van der Waals surface area (Å²) in [4.78, 5) is 64.0. The molecule has 12 nitrogen and oxygen atoms in total. The van der Waals surface area contributed by atoms with Gasteiger partial charge in [-0.1, -0.05) is 120 Å². The highest BCUT2D eigenvalue weighted by Crippen LogP contribution is 2.36. The summed E-state index contributed by atoms with van der Waals surface area (Å²) in [6, 6.07) is 24.4. The molecule has 0 saturated carbocycles. The van der Waals surface area contributed by atoms with Crippen molar-refractivity contribution in [2.45, 2.75) is 112 Å². The molecule has 0 N–H and O–H groups in total. The molecule has 8 aromatic carbocycles. The van der Waals surface area contributed by atoms with Gasteiger partial charge in [-0.2, -0.15) is 26.3 Å². The summed E-state index contributed by atoms with van der Waals surface area (Å²) >= 11 is 0.922. The zero-order valence-corrected chi connectivity index (χ0v) is 59.3. The van der Waals surface area contributed by atoms with E-state index in [0.717, 1.165) is 64.9 Å². The predicted molar refractivity (Wildman–Crippen MR) is 395 cm³/mol. The minimum atomic E-state index is -4.51. The van der Waals surface area contributed by atoms with E-state index < -0.39 is 171 Å². The third kappa shape index (κ3) is 19.6. The topological polar surface area (TPSA) is 110 Å². The van der Waals surface area contributed by atoms with Crippen LogP contribution in [0.4, 0.5) is 43.9 Å². The second-order valence-electron chi connectivity index (χ2n) is 25.2. The Bertz CT molecular complexity index is 5630. The highest BCUT2D eigenvalue weighted by atomic mass is 32.2. The number of carbonyl (C=O) groups excluding carboxylic acids is 2. The van der Waals surface area contributed by atoms with Crippen molar-refractivity contribution in [3.8, 4) is 22.3 Å². The van der Waals surface area contributed by atoms with Gasteiger partial charge in [0.15, 0.2) is 34.1 Å². The molecule has 10 aromatic rings. The molecule has 12 rings (SSSR count). The van der Waals surface area contributed by atoms with Crippen molar-refractivity contribution in [1.82, 2.24) is 28.7 Å². The van der Waals surface area contributed by atoms with Crippen LogP contribution < -0.4 is 10.9 Å². The average Bonchev–Trinajstić information content (AvgIpc) is 0.729. The molecule has 556 valence electrons. The number of thioether (sulfide) groups is 2. The number of hydrogen-bond donors (Lipinski definition) is 0. The molecular formula is C82H80F10N6O6S2. The molecule has 2 fully saturated rings. The number of methoxy groups -OCH3 is 2. The van der Waals surface area contributed by atoms with Crippen molar-refractivity contribution in [3.63, 3.8) is 0 Å². The molecule has 2 saturated heterocycles. The van der Waals surface area contributed by atoms with Crippen molar-refractivity contribution in [2.75, 3.05) is 66.6 Å². The van der Waals surface area contributed by atoms with Crippen LogP contribution in [0.15, 0.2) is 201 Å². The van der Waals surface area contributed by atoms with Gasteiger partial charge in [0.05, 0.1) is 61.8 Å². The van der Waals surface area contributed by atoms with Crippen LogP contribution in [-0.4, -0.2) is 119 Å². The zero-order valence-electron chi connectivity index (χ0n) is 71.7. The lowest BCUT2D eigenvalue weighted by atomic mass is 10.00. The smallest absolute Gasteiger partial charge is 0.383 e. The maximum atomic E-state index is 15.0. The Morgan fingerprint density at radius 1 is 0.509 bits per heavy atom. The molecule has 2 amide bonds. The van der Waals surface area contributed by atoms with E-state index in [1.165, 1.54) is 73.9 Å². The third-order valence-corrected chi connectivity index (χ3v) is 20.0. The number of piperidine rings is 2. The van der Waals surface area contributed by atoms with Crippen LogP contribution in [0.3, 0.4) is 0 Å². The predicted octanol–water partition coefficient (Wildman–Crippen LogP) is 17.4. The standard InChI is InChI=1S/2C41H40F5N3O3S/c2*1-27-6-15-36-34(22-27)37(50)23-39(53-26-31-4-3-5-35(42)40(31)43)49(36)25-38(51)48(33-16-18-47(19-17-33)20-21-52-2)24-28-7-9-29(10-8-28)30-11-13-32(14-12-30)41(44,45)46/h2*3-15,22-23,33H,16-21,24-26H2,1-2H3/i6D,15D,21D2,22D,23D,26D2;6D,15D,21D2,22D,23D. The van der Waals surface area contributed by atoms with Crippen molar-refractivity contribution >= 4 is 57.1 Å².